The molecule has 2 aliphatic rings. The van der Waals surface area contributed by atoms with E-state index in [0.717, 1.165) is 15.0 Å². The highest BCUT2D eigenvalue weighted by Gasteiger charge is 2.54. The number of amides is 3. The van der Waals surface area contributed by atoms with E-state index in [2.05, 4.69) is 47.8 Å². The van der Waals surface area contributed by atoms with Crippen LogP contribution in [-0.4, -0.2) is 37.4 Å². The van der Waals surface area contributed by atoms with Gasteiger partial charge in [-0.2, -0.15) is 5.01 Å². The number of fused-ring (bicyclic) bond motifs is 1. The summed E-state index contributed by atoms with van der Waals surface area (Å²) in [6, 6.07) is 14.0. The van der Waals surface area contributed by atoms with Crippen LogP contribution in [0, 0.1) is 11.8 Å². The molecule has 1 heterocycles. The summed E-state index contributed by atoms with van der Waals surface area (Å²) in [5.74, 6) is -2.05. The third kappa shape index (κ3) is 4.49. The van der Waals surface area contributed by atoms with Crippen LogP contribution in [0.5, 0.6) is 0 Å². The van der Waals surface area contributed by atoms with Gasteiger partial charge in [-0.25, -0.2) is 5.01 Å². The lowest BCUT2D eigenvalue weighted by molar-refractivity contribution is -0.155. The van der Waals surface area contributed by atoms with E-state index in [4.69, 9.17) is 11.6 Å². The largest absolute Gasteiger partial charge is 0.274 e. The Balaban J connectivity index is 1.72. The van der Waals surface area contributed by atoms with E-state index in [1.54, 1.807) is 24.3 Å². The zero-order valence-electron chi connectivity index (χ0n) is 16.2. The molecule has 4 atom stereocenters. The topological polar surface area (TPSA) is 57.7 Å². The predicted octanol–water partition coefficient (Wildman–Crippen LogP) is 5.58. The maximum absolute atomic E-state index is 13.5. The van der Waals surface area contributed by atoms with E-state index in [1.165, 1.54) is 5.01 Å². The fourth-order valence-corrected chi connectivity index (χ4v) is 5.80. The molecule has 4 rings (SSSR count). The van der Waals surface area contributed by atoms with Crippen molar-refractivity contribution in [3.63, 3.8) is 0 Å². The van der Waals surface area contributed by atoms with Crippen molar-refractivity contribution in [1.29, 1.82) is 0 Å². The van der Waals surface area contributed by atoms with Crippen molar-refractivity contribution in [2.45, 2.75) is 29.0 Å². The Morgan fingerprint density at radius 2 is 1.52 bits per heavy atom. The third-order valence-corrected chi connectivity index (χ3v) is 9.31. The number of hydrogen-bond acceptors (Lipinski definition) is 3. The minimum Gasteiger partial charge on any atom is -0.272 e. The van der Waals surface area contributed by atoms with Crippen LogP contribution in [0.25, 0.3) is 0 Å². The first-order valence-corrected chi connectivity index (χ1v) is 12.7. The van der Waals surface area contributed by atoms with Gasteiger partial charge < -0.3 is 0 Å². The summed E-state index contributed by atoms with van der Waals surface area (Å²) >= 11 is 16.9. The first-order valence-electron chi connectivity index (χ1n) is 9.74. The highest BCUT2D eigenvalue weighted by Crippen LogP contribution is 2.44. The van der Waals surface area contributed by atoms with Crippen molar-refractivity contribution in [1.82, 2.24) is 10.0 Å². The molecule has 31 heavy (non-hydrogen) atoms. The van der Waals surface area contributed by atoms with Gasteiger partial charge in [-0.1, -0.05) is 83.7 Å². The van der Waals surface area contributed by atoms with Crippen LogP contribution in [0.2, 0.25) is 5.02 Å². The second-order valence-electron chi connectivity index (χ2n) is 7.67. The molecule has 1 saturated heterocycles. The highest BCUT2D eigenvalue weighted by atomic mass is 79.9. The van der Waals surface area contributed by atoms with E-state index in [1.807, 2.05) is 24.3 Å². The van der Waals surface area contributed by atoms with E-state index in [9.17, 15) is 14.4 Å². The maximum Gasteiger partial charge on any atom is 0.274 e. The number of halogens is 4. The molecule has 0 aromatic heterocycles. The van der Waals surface area contributed by atoms with Crippen LogP contribution in [-0.2, 0) is 16.1 Å². The van der Waals surface area contributed by atoms with Crippen LogP contribution in [0.15, 0.2) is 53.0 Å². The molecule has 2 fully saturated rings. The minimum absolute atomic E-state index is 0.0732. The molecule has 3 amide bonds. The van der Waals surface area contributed by atoms with Gasteiger partial charge in [-0.05, 0) is 42.7 Å². The molecule has 2 aromatic rings. The van der Waals surface area contributed by atoms with Crippen molar-refractivity contribution >= 4 is 77.1 Å². The molecule has 5 nitrogen and oxygen atoms in total. The molecular weight excluding hydrogens is 615 g/mol. The van der Waals surface area contributed by atoms with Crippen LogP contribution >= 0.6 is 59.4 Å². The van der Waals surface area contributed by atoms with E-state index < -0.39 is 17.7 Å². The molecule has 0 spiro atoms. The van der Waals surface area contributed by atoms with Gasteiger partial charge in [0.1, 0.15) is 0 Å². The molecule has 0 radical (unpaired) electrons. The summed E-state index contributed by atoms with van der Waals surface area (Å²) in [6.07, 6.45) is 1.07. The molecule has 9 heteroatoms. The normalized spacial score (nSPS) is 25.5. The summed E-state index contributed by atoms with van der Waals surface area (Å²) in [5, 5.41) is 2.55. The lowest BCUT2D eigenvalue weighted by atomic mass is 9.81. The summed E-state index contributed by atoms with van der Waals surface area (Å²) in [6.45, 7) is 0.0732. The number of carbonyl (C=O) groups excluding carboxylic acids is 3. The van der Waals surface area contributed by atoms with Crippen LogP contribution in [0.3, 0.4) is 0 Å². The van der Waals surface area contributed by atoms with E-state index in [-0.39, 0.29) is 38.6 Å². The Morgan fingerprint density at radius 3 is 2.06 bits per heavy atom. The van der Waals surface area contributed by atoms with Gasteiger partial charge in [-0.3, -0.25) is 14.4 Å². The van der Waals surface area contributed by atoms with Gasteiger partial charge >= 0.3 is 0 Å². The number of benzene rings is 2. The van der Waals surface area contributed by atoms with Gasteiger partial charge in [0, 0.05) is 14.1 Å². The van der Waals surface area contributed by atoms with E-state index >= 15 is 0 Å². The first kappa shape index (κ1) is 23.0. The zero-order chi connectivity index (χ0) is 22.3. The minimum atomic E-state index is -0.486. The Morgan fingerprint density at radius 1 is 0.968 bits per heavy atom. The fraction of sp³-hybridized carbons (Fsp3) is 0.318. The van der Waals surface area contributed by atoms with Crippen molar-refractivity contribution in [2.75, 3.05) is 0 Å². The summed E-state index contributed by atoms with van der Waals surface area (Å²) in [4.78, 5) is 40.4. The summed E-state index contributed by atoms with van der Waals surface area (Å²) < 4.78 is 0.895. The molecule has 0 bridgehead atoms. The molecule has 2 aromatic carbocycles. The predicted molar refractivity (Wildman–Crippen MR) is 129 cm³/mol. The maximum atomic E-state index is 13.5. The number of imide groups is 1. The highest BCUT2D eigenvalue weighted by molar-refractivity contribution is 9.12. The Kier molecular flexibility index (Phi) is 6.91. The number of hydrazine groups is 1. The number of nitrogens with zero attached hydrogens (tertiary/aromatic N) is 2. The van der Waals surface area contributed by atoms with Gasteiger partial charge in [0.05, 0.1) is 29.0 Å². The van der Waals surface area contributed by atoms with Gasteiger partial charge in [0.25, 0.3) is 17.7 Å². The Bertz CT molecular complexity index is 1000. The molecule has 162 valence electrons. The zero-order valence-corrected chi connectivity index (χ0v) is 21.7. The van der Waals surface area contributed by atoms with E-state index in [0.29, 0.717) is 12.8 Å². The lowest BCUT2D eigenvalue weighted by Gasteiger charge is -2.31. The Hall–Kier alpha value is -1.22. The molecule has 0 unspecified atom stereocenters. The molecule has 0 N–H and O–H groups in total. The Labute approximate surface area is 210 Å². The number of carbonyl (C=O) groups is 3. The molecule has 1 aliphatic carbocycles. The fourth-order valence-electron chi connectivity index (χ4n) is 4.09. The number of alkyl halides is 2. The van der Waals surface area contributed by atoms with Gasteiger partial charge in [-0.15, -0.1) is 0 Å². The van der Waals surface area contributed by atoms with Gasteiger partial charge in [0.2, 0.25) is 0 Å². The van der Waals surface area contributed by atoms with Crippen LogP contribution in [0.4, 0.5) is 0 Å². The lowest BCUT2D eigenvalue weighted by Crippen LogP contribution is -2.49. The average molecular weight is 634 g/mol. The summed E-state index contributed by atoms with van der Waals surface area (Å²) in [7, 11) is 0. The van der Waals surface area contributed by atoms with Crippen molar-refractivity contribution in [3.05, 3.63) is 69.2 Å². The molecule has 1 saturated carbocycles. The number of rotatable bonds is 4. The standard InChI is InChI=1S/C22H18Br3ClN2O3/c23-13-7-5-12(6-8-13)11-27(20(29)14-3-1-2-4-19(14)26)28-21(30)15-9-17(24)18(25)10-16(15)22(28)31/h1-8,15-18H,9-11H2/t15-,16+,17+,18-. The second-order valence-corrected chi connectivity index (χ2v) is 11.3. The van der Waals surface area contributed by atoms with Gasteiger partial charge in [0.15, 0.2) is 0 Å². The summed E-state index contributed by atoms with van der Waals surface area (Å²) in [5.41, 5.74) is 1.03. The van der Waals surface area contributed by atoms with Crippen LogP contribution < -0.4 is 0 Å². The van der Waals surface area contributed by atoms with Crippen molar-refractivity contribution in [3.8, 4) is 0 Å². The smallest absolute Gasteiger partial charge is 0.272 e. The first-order chi connectivity index (χ1) is 14.8. The quantitative estimate of drug-likeness (QED) is 0.327. The molecular formula is C22H18Br3ClN2O3. The van der Waals surface area contributed by atoms with Crippen molar-refractivity contribution < 1.29 is 14.4 Å². The molecule has 1 aliphatic heterocycles. The second kappa shape index (κ2) is 9.33. The average Bonchev–Trinajstić information content (AvgIpc) is 2.98. The SMILES string of the molecule is O=C(c1ccccc1Cl)N(Cc1ccc(Br)cc1)N1C(=O)[C@H]2C[C@@H](Br)[C@@H](Br)C[C@H]2C1=O. The number of hydrogen-bond donors (Lipinski definition) is 0. The third-order valence-electron chi connectivity index (χ3n) is 5.71. The van der Waals surface area contributed by atoms with Crippen molar-refractivity contribution in [2.24, 2.45) is 11.8 Å². The monoisotopic (exact) mass is 630 g/mol. The van der Waals surface area contributed by atoms with Crippen LogP contribution in [0.1, 0.15) is 28.8 Å².